The summed E-state index contributed by atoms with van der Waals surface area (Å²) in [6, 6.07) is 9.52. The highest BCUT2D eigenvalue weighted by molar-refractivity contribution is 14.0. The van der Waals surface area contributed by atoms with Gasteiger partial charge in [0, 0.05) is 38.6 Å². The van der Waals surface area contributed by atoms with Gasteiger partial charge in [-0.2, -0.15) is 0 Å². The highest BCUT2D eigenvalue weighted by atomic mass is 127. The Hall–Kier alpha value is -1.88. The van der Waals surface area contributed by atoms with Gasteiger partial charge in [-0.1, -0.05) is 12.1 Å². The number of nitrogens with zero attached hydrogens (tertiary/aromatic N) is 3. The second-order valence-electron chi connectivity index (χ2n) is 7.64. The third kappa shape index (κ3) is 7.34. The molecule has 31 heavy (non-hydrogen) atoms. The summed E-state index contributed by atoms with van der Waals surface area (Å²) in [7, 11) is -3.21. The Labute approximate surface area is 202 Å². The van der Waals surface area contributed by atoms with Crippen molar-refractivity contribution in [1.82, 2.24) is 15.6 Å². The third-order valence-corrected chi connectivity index (χ3v) is 6.36. The molecule has 3 rings (SSSR count). The Bertz CT molecular complexity index is 1000. The Morgan fingerprint density at radius 1 is 1.13 bits per heavy atom. The zero-order valence-electron chi connectivity index (χ0n) is 18.4. The molecule has 1 aromatic carbocycles. The summed E-state index contributed by atoms with van der Waals surface area (Å²) in [5.74, 6) is 1.76. The van der Waals surface area contributed by atoms with Gasteiger partial charge in [0.05, 0.1) is 11.4 Å². The molecular weight excluding hydrogens is 525 g/mol. The summed E-state index contributed by atoms with van der Waals surface area (Å²) in [5, 5.41) is 6.63. The molecule has 9 heteroatoms. The number of pyridine rings is 1. The van der Waals surface area contributed by atoms with Gasteiger partial charge in [-0.05, 0) is 61.6 Å². The van der Waals surface area contributed by atoms with E-state index < -0.39 is 9.84 Å². The molecule has 7 nitrogen and oxygen atoms in total. The predicted molar refractivity (Wildman–Crippen MR) is 137 cm³/mol. The Balaban J connectivity index is 0.00000341. The van der Waals surface area contributed by atoms with Crippen LogP contribution in [0.2, 0.25) is 0 Å². The third-order valence-electron chi connectivity index (χ3n) is 5.10. The molecule has 0 atom stereocenters. The van der Waals surface area contributed by atoms with E-state index in [1.165, 1.54) is 19.1 Å². The number of guanidine groups is 1. The van der Waals surface area contributed by atoms with Gasteiger partial charge < -0.3 is 15.5 Å². The lowest BCUT2D eigenvalue weighted by atomic mass is 10.1. The summed E-state index contributed by atoms with van der Waals surface area (Å²) in [4.78, 5) is 11.8. The van der Waals surface area contributed by atoms with Crippen molar-refractivity contribution in [2.45, 2.75) is 44.7 Å². The highest BCUT2D eigenvalue weighted by Crippen LogP contribution is 2.19. The van der Waals surface area contributed by atoms with Crippen LogP contribution >= 0.6 is 24.0 Å². The van der Waals surface area contributed by atoms with E-state index in [0.29, 0.717) is 18.0 Å². The van der Waals surface area contributed by atoms with Crippen molar-refractivity contribution in [1.29, 1.82) is 0 Å². The van der Waals surface area contributed by atoms with E-state index in [2.05, 4.69) is 31.6 Å². The molecule has 1 aliphatic rings. The molecule has 2 heterocycles. The fraction of sp³-hybridized carbons (Fsp3) is 0.455. The average molecular weight is 558 g/mol. The van der Waals surface area contributed by atoms with Crippen LogP contribution in [-0.4, -0.2) is 45.3 Å². The Morgan fingerprint density at radius 3 is 2.52 bits per heavy atom. The molecule has 0 spiro atoms. The molecule has 1 aromatic heterocycles. The number of aryl methyl sites for hydroxylation is 1. The number of rotatable bonds is 7. The molecule has 0 amide bonds. The van der Waals surface area contributed by atoms with Crippen molar-refractivity contribution < 1.29 is 8.42 Å². The van der Waals surface area contributed by atoms with Gasteiger partial charge in [0.2, 0.25) is 0 Å². The second kappa shape index (κ2) is 11.7. The van der Waals surface area contributed by atoms with Crippen molar-refractivity contribution in [3.8, 4) is 0 Å². The van der Waals surface area contributed by atoms with Crippen molar-refractivity contribution in [2.24, 2.45) is 4.99 Å². The first kappa shape index (κ1) is 25.4. The fourth-order valence-electron chi connectivity index (χ4n) is 3.61. The van der Waals surface area contributed by atoms with Crippen molar-refractivity contribution in [3.63, 3.8) is 0 Å². The van der Waals surface area contributed by atoms with E-state index in [1.807, 2.05) is 38.2 Å². The Morgan fingerprint density at radius 2 is 1.87 bits per heavy atom. The van der Waals surface area contributed by atoms with Crippen LogP contribution in [-0.2, 0) is 22.9 Å². The molecule has 1 aliphatic heterocycles. The van der Waals surface area contributed by atoms with Crippen molar-refractivity contribution in [2.75, 3.05) is 30.8 Å². The van der Waals surface area contributed by atoms with Gasteiger partial charge in [0.25, 0.3) is 0 Å². The van der Waals surface area contributed by atoms with Gasteiger partial charge in [0.15, 0.2) is 15.8 Å². The normalized spacial score (nSPS) is 14.3. The number of anilines is 1. The van der Waals surface area contributed by atoms with Gasteiger partial charge in [0.1, 0.15) is 5.82 Å². The molecule has 0 aliphatic carbocycles. The summed E-state index contributed by atoms with van der Waals surface area (Å²) in [6.45, 7) is 7.87. The molecule has 0 unspecified atom stereocenters. The number of aliphatic imine (C=N–C) groups is 1. The summed E-state index contributed by atoms with van der Waals surface area (Å²) < 4.78 is 23.6. The summed E-state index contributed by atoms with van der Waals surface area (Å²) in [5.41, 5.74) is 2.87. The van der Waals surface area contributed by atoms with Crippen LogP contribution in [0.25, 0.3) is 0 Å². The fourth-order valence-corrected chi connectivity index (χ4v) is 4.57. The topological polar surface area (TPSA) is 86.7 Å². The minimum Gasteiger partial charge on any atom is -0.357 e. The van der Waals surface area contributed by atoms with E-state index in [0.717, 1.165) is 48.1 Å². The van der Waals surface area contributed by atoms with E-state index in [-0.39, 0.29) is 24.0 Å². The van der Waals surface area contributed by atoms with Crippen LogP contribution in [0.1, 0.15) is 36.5 Å². The van der Waals surface area contributed by atoms with Gasteiger partial charge >= 0.3 is 0 Å². The average Bonchev–Trinajstić information content (AvgIpc) is 3.24. The number of benzene rings is 1. The molecular formula is C22H32IN5O2S. The first-order chi connectivity index (χ1) is 14.4. The Kier molecular flexibility index (Phi) is 9.54. The highest BCUT2D eigenvalue weighted by Gasteiger charge is 2.14. The van der Waals surface area contributed by atoms with Crippen LogP contribution in [0.5, 0.6) is 0 Å². The molecule has 0 bridgehead atoms. The van der Waals surface area contributed by atoms with Gasteiger partial charge in [-0.25, -0.2) is 18.4 Å². The van der Waals surface area contributed by atoms with E-state index >= 15 is 0 Å². The molecule has 2 N–H and O–H groups in total. The lowest BCUT2D eigenvalue weighted by Gasteiger charge is -2.17. The molecule has 1 fully saturated rings. The summed E-state index contributed by atoms with van der Waals surface area (Å²) >= 11 is 0. The van der Waals surface area contributed by atoms with E-state index in [9.17, 15) is 8.42 Å². The largest absolute Gasteiger partial charge is 0.357 e. The standard InChI is InChI=1S/C22H31N5O2S.HI/c1-4-23-22(25-15-18-7-8-20(17(2)13-18)30(3,28)29)26-16-19-9-10-24-21(14-19)27-11-5-6-12-27;/h7-10,13-14H,4-6,11-12,15-16H2,1-3H3,(H2,23,25,26);1H. The lowest BCUT2D eigenvalue weighted by molar-refractivity contribution is 0.601. The minimum atomic E-state index is -3.21. The van der Waals surface area contributed by atoms with Crippen LogP contribution in [0.4, 0.5) is 5.82 Å². The van der Waals surface area contributed by atoms with Crippen molar-refractivity contribution >= 4 is 45.6 Å². The second-order valence-corrected chi connectivity index (χ2v) is 9.62. The molecule has 2 aromatic rings. The predicted octanol–water partition coefficient (Wildman–Crippen LogP) is 3.27. The maximum Gasteiger partial charge on any atom is 0.191 e. The minimum absolute atomic E-state index is 0. The van der Waals surface area contributed by atoms with E-state index in [4.69, 9.17) is 0 Å². The quantitative estimate of drug-likeness (QED) is 0.309. The van der Waals surface area contributed by atoms with Crippen LogP contribution < -0.4 is 15.5 Å². The number of hydrogen-bond acceptors (Lipinski definition) is 5. The first-order valence-electron chi connectivity index (χ1n) is 10.4. The first-order valence-corrected chi connectivity index (χ1v) is 12.3. The number of aromatic nitrogens is 1. The van der Waals surface area contributed by atoms with Crippen LogP contribution in [0.15, 0.2) is 46.4 Å². The SMILES string of the molecule is CCNC(=NCc1ccc(S(C)(=O)=O)c(C)c1)NCc1ccnc(N2CCCC2)c1.I. The van der Waals surface area contributed by atoms with Gasteiger partial charge in [-0.3, -0.25) is 0 Å². The monoisotopic (exact) mass is 557 g/mol. The molecule has 0 saturated carbocycles. The zero-order valence-corrected chi connectivity index (χ0v) is 21.5. The smallest absolute Gasteiger partial charge is 0.191 e. The lowest BCUT2D eigenvalue weighted by Crippen LogP contribution is -2.36. The maximum absolute atomic E-state index is 11.8. The van der Waals surface area contributed by atoms with Crippen molar-refractivity contribution in [3.05, 3.63) is 53.2 Å². The zero-order chi connectivity index (χ0) is 21.6. The maximum atomic E-state index is 11.8. The van der Waals surface area contributed by atoms with E-state index in [1.54, 1.807) is 6.07 Å². The van der Waals surface area contributed by atoms with Crippen LogP contribution in [0, 0.1) is 6.92 Å². The summed E-state index contributed by atoms with van der Waals surface area (Å²) in [6.07, 6.45) is 5.55. The number of nitrogens with one attached hydrogen (secondary N) is 2. The molecule has 1 saturated heterocycles. The van der Waals surface area contributed by atoms with Gasteiger partial charge in [-0.15, -0.1) is 24.0 Å². The molecule has 0 radical (unpaired) electrons. The van der Waals surface area contributed by atoms with Crippen LogP contribution in [0.3, 0.4) is 0 Å². The number of hydrogen-bond donors (Lipinski definition) is 2. The number of halogens is 1. The molecule has 170 valence electrons. The number of sulfone groups is 1.